The van der Waals surface area contributed by atoms with Gasteiger partial charge in [-0.3, -0.25) is 0 Å². The first kappa shape index (κ1) is 11.3. The molecule has 1 heterocycles. The molecular weight excluding hydrogens is 264 g/mol. The van der Waals surface area contributed by atoms with Crippen molar-refractivity contribution in [2.24, 2.45) is 0 Å². The molecule has 1 aromatic heterocycles. The molecule has 16 heavy (non-hydrogen) atoms. The smallest absolute Gasteiger partial charge is 0.104 e. The molecule has 0 aliphatic heterocycles. The van der Waals surface area contributed by atoms with Gasteiger partial charge >= 0.3 is 0 Å². The van der Waals surface area contributed by atoms with Crippen molar-refractivity contribution in [3.8, 4) is 11.1 Å². The molecule has 0 fully saturated rings. The molecule has 2 rings (SSSR count). The lowest BCUT2D eigenvalue weighted by atomic mass is 10.1. The molecule has 3 heteroatoms. The van der Waals surface area contributed by atoms with Gasteiger partial charge in [-0.25, -0.2) is 0 Å². The molecule has 0 aliphatic carbocycles. The van der Waals surface area contributed by atoms with Crippen LogP contribution in [0, 0.1) is 0 Å². The molecule has 0 saturated carbocycles. The number of nitrogen functional groups attached to an aromatic ring is 1. The molecule has 0 radical (unpaired) electrons. The van der Waals surface area contributed by atoms with Crippen LogP contribution < -0.4 is 5.73 Å². The second-order valence-corrected chi connectivity index (χ2v) is 4.99. The van der Waals surface area contributed by atoms with E-state index >= 15 is 0 Å². The van der Waals surface area contributed by atoms with Crippen molar-refractivity contribution in [3.63, 3.8) is 0 Å². The number of hydrogen-bond acceptors (Lipinski definition) is 1. The van der Waals surface area contributed by atoms with Gasteiger partial charge in [0.1, 0.15) is 5.82 Å². The Morgan fingerprint density at radius 1 is 1.25 bits per heavy atom. The van der Waals surface area contributed by atoms with Crippen molar-refractivity contribution in [2.45, 2.75) is 19.9 Å². The molecule has 0 bridgehead atoms. The number of hydrogen-bond donors (Lipinski definition) is 1. The standard InChI is InChI=1S/C13H15BrN2/c1-9(2)16-8-10(7-13(16)15)11-5-3-4-6-12(11)14/h3-9H,15H2,1-2H3. The summed E-state index contributed by atoms with van der Waals surface area (Å²) in [5.41, 5.74) is 8.30. The van der Waals surface area contributed by atoms with Crippen LogP contribution in [0.15, 0.2) is 41.0 Å². The van der Waals surface area contributed by atoms with E-state index in [1.54, 1.807) is 0 Å². The summed E-state index contributed by atoms with van der Waals surface area (Å²) in [4.78, 5) is 0. The van der Waals surface area contributed by atoms with Crippen LogP contribution in [0.5, 0.6) is 0 Å². The molecule has 2 nitrogen and oxygen atoms in total. The second kappa shape index (κ2) is 4.34. The van der Waals surface area contributed by atoms with E-state index in [2.05, 4.69) is 46.6 Å². The van der Waals surface area contributed by atoms with Crippen molar-refractivity contribution < 1.29 is 0 Å². The Labute approximate surface area is 104 Å². The predicted octanol–water partition coefficient (Wildman–Crippen LogP) is 4.08. The van der Waals surface area contributed by atoms with E-state index in [9.17, 15) is 0 Å². The average Bonchev–Trinajstić information content (AvgIpc) is 2.61. The summed E-state index contributed by atoms with van der Waals surface area (Å²) in [7, 11) is 0. The Morgan fingerprint density at radius 2 is 1.94 bits per heavy atom. The Morgan fingerprint density at radius 3 is 2.50 bits per heavy atom. The highest BCUT2D eigenvalue weighted by atomic mass is 79.9. The summed E-state index contributed by atoms with van der Waals surface area (Å²) >= 11 is 3.55. The number of anilines is 1. The third-order valence-corrected chi connectivity index (χ3v) is 3.31. The second-order valence-electron chi connectivity index (χ2n) is 4.13. The van der Waals surface area contributed by atoms with Crippen LogP contribution >= 0.6 is 15.9 Å². The lowest BCUT2D eigenvalue weighted by Crippen LogP contribution is -2.02. The highest BCUT2D eigenvalue weighted by Crippen LogP contribution is 2.31. The Hall–Kier alpha value is -1.22. The maximum atomic E-state index is 5.98. The van der Waals surface area contributed by atoms with E-state index in [1.807, 2.05) is 24.3 Å². The fourth-order valence-corrected chi connectivity index (χ4v) is 2.30. The molecule has 0 spiro atoms. The van der Waals surface area contributed by atoms with E-state index in [0.717, 1.165) is 15.9 Å². The lowest BCUT2D eigenvalue weighted by Gasteiger charge is -2.08. The molecule has 1 aromatic carbocycles. The maximum Gasteiger partial charge on any atom is 0.104 e. The Balaban J connectivity index is 2.50. The van der Waals surface area contributed by atoms with Gasteiger partial charge in [-0.2, -0.15) is 0 Å². The average molecular weight is 279 g/mol. The lowest BCUT2D eigenvalue weighted by molar-refractivity contribution is 0.612. The van der Waals surface area contributed by atoms with E-state index < -0.39 is 0 Å². The predicted molar refractivity (Wildman–Crippen MR) is 72.4 cm³/mol. The monoisotopic (exact) mass is 278 g/mol. The van der Waals surface area contributed by atoms with Gasteiger partial charge in [-0.05, 0) is 31.5 Å². The zero-order valence-electron chi connectivity index (χ0n) is 9.44. The van der Waals surface area contributed by atoms with Gasteiger partial charge in [0.05, 0.1) is 0 Å². The van der Waals surface area contributed by atoms with Crippen LogP contribution in [-0.4, -0.2) is 4.57 Å². The summed E-state index contributed by atoms with van der Waals surface area (Å²) in [6, 6.07) is 10.6. The fraction of sp³-hybridized carbons (Fsp3) is 0.231. The van der Waals surface area contributed by atoms with Crippen LogP contribution in [0.3, 0.4) is 0 Å². The number of benzene rings is 1. The van der Waals surface area contributed by atoms with Crippen LogP contribution in [0.2, 0.25) is 0 Å². The number of rotatable bonds is 2. The third kappa shape index (κ3) is 2.00. The van der Waals surface area contributed by atoms with Gasteiger partial charge < -0.3 is 10.3 Å². The molecule has 0 aliphatic rings. The van der Waals surface area contributed by atoms with Crippen LogP contribution in [0.1, 0.15) is 19.9 Å². The van der Waals surface area contributed by atoms with Crippen molar-refractivity contribution in [2.75, 3.05) is 5.73 Å². The molecule has 2 aromatic rings. The van der Waals surface area contributed by atoms with Gasteiger partial charge in [-0.15, -0.1) is 0 Å². The first-order chi connectivity index (χ1) is 7.59. The quantitative estimate of drug-likeness (QED) is 0.882. The molecule has 0 saturated heterocycles. The summed E-state index contributed by atoms with van der Waals surface area (Å²) in [6.07, 6.45) is 2.10. The number of nitrogens with two attached hydrogens (primary N) is 1. The van der Waals surface area contributed by atoms with Crippen LogP contribution in [-0.2, 0) is 0 Å². The SMILES string of the molecule is CC(C)n1cc(-c2ccccc2Br)cc1N. The molecule has 0 unspecified atom stereocenters. The molecular formula is C13H15BrN2. The molecule has 0 amide bonds. The van der Waals surface area contributed by atoms with Crippen LogP contribution in [0.4, 0.5) is 5.82 Å². The minimum absolute atomic E-state index is 0.385. The van der Waals surface area contributed by atoms with E-state index in [0.29, 0.717) is 6.04 Å². The molecule has 0 atom stereocenters. The minimum Gasteiger partial charge on any atom is -0.385 e. The van der Waals surface area contributed by atoms with Crippen molar-refractivity contribution in [3.05, 3.63) is 41.0 Å². The fourth-order valence-electron chi connectivity index (χ4n) is 1.79. The molecule has 2 N–H and O–H groups in total. The summed E-state index contributed by atoms with van der Waals surface area (Å²) in [5, 5.41) is 0. The topological polar surface area (TPSA) is 30.9 Å². The highest BCUT2D eigenvalue weighted by molar-refractivity contribution is 9.10. The number of nitrogens with zero attached hydrogens (tertiary/aromatic N) is 1. The van der Waals surface area contributed by atoms with Gasteiger partial charge in [0.2, 0.25) is 0 Å². The normalized spacial score (nSPS) is 11.0. The Bertz CT molecular complexity index is 500. The van der Waals surface area contributed by atoms with Gasteiger partial charge in [0.15, 0.2) is 0 Å². The highest BCUT2D eigenvalue weighted by Gasteiger charge is 2.09. The van der Waals surface area contributed by atoms with Crippen molar-refractivity contribution in [1.29, 1.82) is 0 Å². The first-order valence-electron chi connectivity index (χ1n) is 5.32. The van der Waals surface area contributed by atoms with Crippen molar-refractivity contribution in [1.82, 2.24) is 4.57 Å². The van der Waals surface area contributed by atoms with E-state index in [4.69, 9.17) is 5.73 Å². The Kier molecular flexibility index (Phi) is 3.06. The third-order valence-electron chi connectivity index (χ3n) is 2.62. The van der Waals surface area contributed by atoms with E-state index in [1.165, 1.54) is 5.56 Å². The first-order valence-corrected chi connectivity index (χ1v) is 6.11. The number of halogens is 1. The zero-order valence-corrected chi connectivity index (χ0v) is 11.0. The van der Waals surface area contributed by atoms with Gasteiger partial charge in [0, 0.05) is 22.3 Å². The van der Waals surface area contributed by atoms with Gasteiger partial charge in [0.25, 0.3) is 0 Å². The minimum atomic E-state index is 0.385. The summed E-state index contributed by atoms with van der Waals surface area (Å²) in [6.45, 7) is 4.25. The number of aromatic nitrogens is 1. The van der Waals surface area contributed by atoms with E-state index in [-0.39, 0.29) is 0 Å². The van der Waals surface area contributed by atoms with Crippen molar-refractivity contribution >= 4 is 21.7 Å². The summed E-state index contributed by atoms with van der Waals surface area (Å²) < 4.78 is 3.17. The zero-order chi connectivity index (χ0) is 11.7. The molecule has 84 valence electrons. The largest absolute Gasteiger partial charge is 0.385 e. The van der Waals surface area contributed by atoms with Gasteiger partial charge in [-0.1, -0.05) is 34.1 Å². The van der Waals surface area contributed by atoms with Crippen LogP contribution in [0.25, 0.3) is 11.1 Å². The summed E-state index contributed by atoms with van der Waals surface area (Å²) in [5.74, 6) is 0.806. The maximum absolute atomic E-state index is 5.98.